The molecular weight excluding hydrogens is 423 g/mol. The van der Waals surface area contributed by atoms with Gasteiger partial charge in [0.2, 0.25) is 15.9 Å². The fraction of sp³-hybridized carbons (Fsp3) is 0.238. The fourth-order valence-electron chi connectivity index (χ4n) is 3.36. The monoisotopic (exact) mass is 446 g/mol. The summed E-state index contributed by atoms with van der Waals surface area (Å²) in [6.07, 6.45) is 0.928. The molecule has 1 unspecified atom stereocenters. The Hall–Kier alpha value is -3.40. The first-order valence-electron chi connectivity index (χ1n) is 9.42. The molecule has 0 radical (unpaired) electrons. The van der Waals surface area contributed by atoms with Crippen LogP contribution in [0.2, 0.25) is 0 Å². The highest BCUT2D eigenvalue weighted by Crippen LogP contribution is 2.23. The first-order valence-corrected chi connectivity index (χ1v) is 11.3. The summed E-state index contributed by atoms with van der Waals surface area (Å²) in [7, 11) is -2.24. The standard InChI is InChI=1S/C21H23FN4O4S/c1-14-19(21(28)25(24(14)3)17-10-6-5-7-11-17)23-20(27)15(2)26(31(4,29)30)18-12-8-9-16(22)13-18/h5-13,15H,1-4H3,(H,23,27). The van der Waals surface area contributed by atoms with Gasteiger partial charge in [-0.2, -0.15) is 0 Å². The number of benzene rings is 2. The first-order chi connectivity index (χ1) is 14.5. The molecule has 10 heteroatoms. The third-order valence-electron chi connectivity index (χ3n) is 4.95. The molecule has 0 saturated carbocycles. The summed E-state index contributed by atoms with van der Waals surface area (Å²) in [5.41, 5.74) is 0.700. The van der Waals surface area contributed by atoms with Gasteiger partial charge in [-0.15, -0.1) is 0 Å². The number of halogens is 1. The second-order valence-corrected chi connectivity index (χ2v) is 9.00. The van der Waals surface area contributed by atoms with Crippen molar-refractivity contribution in [2.75, 3.05) is 15.9 Å². The number of hydrogen-bond donors (Lipinski definition) is 1. The van der Waals surface area contributed by atoms with E-state index in [1.165, 1.54) is 29.8 Å². The van der Waals surface area contributed by atoms with E-state index in [1.54, 1.807) is 42.9 Å². The van der Waals surface area contributed by atoms with Crippen LogP contribution in [0, 0.1) is 12.7 Å². The summed E-state index contributed by atoms with van der Waals surface area (Å²) in [5, 5.41) is 2.55. The molecule has 1 N–H and O–H groups in total. The number of nitrogens with one attached hydrogen (secondary N) is 1. The van der Waals surface area contributed by atoms with Crippen LogP contribution >= 0.6 is 0 Å². The Balaban J connectivity index is 1.98. The zero-order valence-corrected chi connectivity index (χ0v) is 18.4. The number of carbonyl (C=O) groups excluding carboxylic acids is 1. The second-order valence-electron chi connectivity index (χ2n) is 7.14. The number of rotatable bonds is 6. The molecule has 164 valence electrons. The highest BCUT2D eigenvalue weighted by Gasteiger charge is 2.31. The van der Waals surface area contributed by atoms with Crippen molar-refractivity contribution in [2.24, 2.45) is 7.05 Å². The van der Waals surface area contributed by atoms with Gasteiger partial charge in [-0.1, -0.05) is 24.3 Å². The normalized spacial score (nSPS) is 12.4. The van der Waals surface area contributed by atoms with Crippen LogP contribution in [-0.2, 0) is 21.9 Å². The average molecular weight is 447 g/mol. The molecule has 0 saturated heterocycles. The Bertz CT molecular complexity index is 1280. The lowest BCUT2D eigenvalue weighted by molar-refractivity contribution is -0.116. The summed E-state index contributed by atoms with van der Waals surface area (Å²) in [5.74, 6) is -1.36. The summed E-state index contributed by atoms with van der Waals surface area (Å²) in [4.78, 5) is 25.9. The largest absolute Gasteiger partial charge is 0.318 e. The van der Waals surface area contributed by atoms with Crippen LogP contribution in [0.5, 0.6) is 0 Å². The van der Waals surface area contributed by atoms with E-state index < -0.39 is 33.3 Å². The number of aromatic nitrogens is 2. The van der Waals surface area contributed by atoms with Gasteiger partial charge in [0, 0.05) is 7.05 Å². The van der Waals surface area contributed by atoms with Gasteiger partial charge in [0.15, 0.2) is 0 Å². The molecular formula is C21H23FN4O4S. The molecule has 1 heterocycles. The smallest absolute Gasteiger partial charge is 0.295 e. The minimum Gasteiger partial charge on any atom is -0.318 e. The van der Waals surface area contributed by atoms with E-state index in [9.17, 15) is 22.4 Å². The molecule has 0 aliphatic rings. The molecule has 0 spiro atoms. The SMILES string of the molecule is Cc1c(NC(=O)C(C)N(c2cccc(F)c2)S(C)(=O)=O)c(=O)n(-c2ccccc2)n1C. The van der Waals surface area contributed by atoms with Gasteiger partial charge in [0.1, 0.15) is 17.5 Å². The molecule has 2 aromatic carbocycles. The lowest BCUT2D eigenvalue weighted by atomic mass is 10.2. The van der Waals surface area contributed by atoms with E-state index >= 15 is 0 Å². The zero-order valence-electron chi connectivity index (χ0n) is 17.5. The first kappa shape index (κ1) is 22.3. The van der Waals surface area contributed by atoms with Crippen LogP contribution in [-0.4, -0.2) is 36.0 Å². The van der Waals surface area contributed by atoms with E-state index in [2.05, 4.69) is 5.32 Å². The van der Waals surface area contributed by atoms with Crippen LogP contribution in [0.4, 0.5) is 15.8 Å². The third kappa shape index (κ3) is 4.38. The average Bonchev–Trinajstić information content (AvgIpc) is 2.91. The topological polar surface area (TPSA) is 93.4 Å². The molecule has 31 heavy (non-hydrogen) atoms. The Morgan fingerprint density at radius 1 is 1.13 bits per heavy atom. The van der Waals surface area contributed by atoms with E-state index in [0.717, 1.165) is 16.6 Å². The van der Waals surface area contributed by atoms with Crippen molar-refractivity contribution in [1.29, 1.82) is 0 Å². The Morgan fingerprint density at radius 2 is 1.77 bits per heavy atom. The maximum absolute atomic E-state index is 13.7. The number of amides is 1. The molecule has 1 amide bonds. The number of sulfonamides is 1. The van der Waals surface area contributed by atoms with Gasteiger partial charge in [-0.05, 0) is 44.2 Å². The quantitative estimate of drug-likeness (QED) is 0.629. The Labute approximate surface area is 179 Å². The van der Waals surface area contributed by atoms with E-state index in [4.69, 9.17) is 0 Å². The molecule has 3 rings (SSSR count). The molecule has 0 bridgehead atoms. The fourth-order valence-corrected chi connectivity index (χ4v) is 4.53. The number of anilines is 2. The van der Waals surface area contributed by atoms with Crippen molar-refractivity contribution in [3.05, 3.63) is 76.5 Å². The van der Waals surface area contributed by atoms with E-state index in [-0.39, 0.29) is 11.4 Å². The van der Waals surface area contributed by atoms with Crippen molar-refractivity contribution < 1.29 is 17.6 Å². The lowest BCUT2D eigenvalue weighted by Gasteiger charge is -2.28. The van der Waals surface area contributed by atoms with E-state index in [1.807, 2.05) is 6.07 Å². The summed E-state index contributed by atoms with van der Waals surface area (Å²) in [6, 6.07) is 12.6. The highest BCUT2D eigenvalue weighted by atomic mass is 32.2. The van der Waals surface area contributed by atoms with Crippen LogP contribution in [0.15, 0.2) is 59.4 Å². The third-order valence-corrected chi connectivity index (χ3v) is 6.20. The number of carbonyl (C=O) groups is 1. The zero-order chi connectivity index (χ0) is 22.9. The van der Waals surface area contributed by atoms with Gasteiger partial charge in [0.25, 0.3) is 5.56 Å². The van der Waals surface area contributed by atoms with Crippen molar-refractivity contribution in [3.63, 3.8) is 0 Å². The molecule has 0 aliphatic heterocycles. The molecule has 3 aromatic rings. The number of para-hydroxylation sites is 1. The van der Waals surface area contributed by atoms with Crippen molar-refractivity contribution in [1.82, 2.24) is 9.36 Å². The summed E-state index contributed by atoms with van der Waals surface area (Å²) >= 11 is 0. The number of hydrogen-bond acceptors (Lipinski definition) is 4. The van der Waals surface area contributed by atoms with Crippen LogP contribution in [0.3, 0.4) is 0 Å². The van der Waals surface area contributed by atoms with Crippen LogP contribution in [0.1, 0.15) is 12.6 Å². The summed E-state index contributed by atoms with van der Waals surface area (Å²) < 4.78 is 42.2. The lowest BCUT2D eigenvalue weighted by Crippen LogP contribution is -2.45. The predicted molar refractivity (Wildman–Crippen MR) is 118 cm³/mol. The summed E-state index contributed by atoms with van der Waals surface area (Å²) in [6.45, 7) is 3.04. The van der Waals surface area contributed by atoms with Crippen molar-refractivity contribution in [3.8, 4) is 5.69 Å². The number of nitrogens with zero attached hydrogens (tertiary/aromatic N) is 3. The molecule has 8 nitrogen and oxygen atoms in total. The highest BCUT2D eigenvalue weighted by molar-refractivity contribution is 7.92. The molecule has 0 fully saturated rings. The van der Waals surface area contributed by atoms with Gasteiger partial charge < -0.3 is 5.32 Å². The van der Waals surface area contributed by atoms with Crippen molar-refractivity contribution in [2.45, 2.75) is 19.9 Å². The minimum atomic E-state index is -3.92. The maximum atomic E-state index is 13.7. The molecule has 1 atom stereocenters. The minimum absolute atomic E-state index is 0.0108. The van der Waals surface area contributed by atoms with Crippen LogP contribution < -0.4 is 15.2 Å². The maximum Gasteiger partial charge on any atom is 0.295 e. The van der Waals surface area contributed by atoms with Gasteiger partial charge in [-0.3, -0.25) is 18.6 Å². The molecule has 0 aliphatic carbocycles. The predicted octanol–water partition coefficient (Wildman–Crippen LogP) is 2.42. The second kappa shape index (κ2) is 8.38. The molecule has 1 aromatic heterocycles. The Morgan fingerprint density at radius 3 is 2.35 bits per heavy atom. The van der Waals surface area contributed by atoms with E-state index in [0.29, 0.717) is 11.4 Å². The Kier molecular flexibility index (Phi) is 6.03. The van der Waals surface area contributed by atoms with Gasteiger partial charge >= 0.3 is 0 Å². The van der Waals surface area contributed by atoms with Gasteiger partial charge in [-0.25, -0.2) is 17.5 Å². The van der Waals surface area contributed by atoms with Crippen LogP contribution in [0.25, 0.3) is 5.69 Å². The van der Waals surface area contributed by atoms with Crippen molar-refractivity contribution >= 4 is 27.3 Å². The van der Waals surface area contributed by atoms with Gasteiger partial charge in [0.05, 0.1) is 23.3 Å².